The highest BCUT2D eigenvalue weighted by atomic mass is 16.5. The number of carboxylic acid groups (broad SMARTS) is 1. The first-order chi connectivity index (χ1) is 15.2. The van der Waals surface area contributed by atoms with Crippen LogP contribution in [0.25, 0.3) is 16.5 Å². The standard InChI is InChI=1S/C23H23N5O3/c29-23(30)28-11-7-16(8-12-28)21-22(25-10-9-24-21)31-18-13-17(14-18)26-20-6-5-15-3-1-2-4-19(15)27-20/h1-7,9-10,17-18H,8,11-14H2,(H,26,27)(H,29,30). The van der Waals surface area contributed by atoms with Crippen molar-refractivity contribution in [2.24, 2.45) is 0 Å². The second-order valence-electron chi connectivity index (χ2n) is 7.86. The molecule has 0 radical (unpaired) electrons. The molecular weight excluding hydrogens is 394 g/mol. The number of para-hydroxylation sites is 1. The van der Waals surface area contributed by atoms with Crippen LogP contribution >= 0.6 is 0 Å². The molecule has 2 aliphatic rings. The lowest BCUT2D eigenvalue weighted by Crippen LogP contribution is -2.43. The van der Waals surface area contributed by atoms with Crippen molar-refractivity contribution in [3.05, 3.63) is 60.6 Å². The van der Waals surface area contributed by atoms with Gasteiger partial charge in [0.05, 0.1) is 5.52 Å². The predicted molar refractivity (Wildman–Crippen MR) is 117 cm³/mol. The number of nitrogens with zero attached hydrogens (tertiary/aromatic N) is 4. The molecule has 1 aliphatic carbocycles. The minimum atomic E-state index is -0.903. The van der Waals surface area contributed by atoms with Crippen LogP contribution in [0.4, 0.5) is 10.6 Å². The predicted octanol–water partition coefficient (Wildman–Crippen LogP) is 3.81. The summed E-state index contributed by atoms with van der Waals surface area (Å²) < 4.78 is 6.14. The number of aromatic nitrogens is 3. The molecule has 0 unspecified atom stereocenters. The zero-order valence-corrected chi connectivity index (χ0v) is 16.9. The normalized spacial score (nSPS) is 20.6. The van der Waals surface area contributed by atoms with E-state index in [9.17, 15) is 4.79 Å². The molecule has 1 aliphatic heterocycles. The molecule has 0 saturated heterocycles. The highest BCUT2D eigenvalue weighted by Gasteiger charge is 2.32. The molecule has 1 saturated carbocycles. The highest BCUT2D eigenvalue weighted by molar-refractivity contribution is 5.80. The van der Waals surface area contributed by atoms with Crippen LogP contribution in [0.2, 0.25) is 0 Å². The molecule has 158 valence electrons. The number of nitrogens with one attached hydrogen (secondary N) is 1. The minimum absolute atomic E-state index is 0.0631. The van der Waals surface area contributed by atoms with Crippen molar-refractivity contribution in [2.75, 3.05) is 18.4 Å². The molecule has 1 amide bonds. The lowest BCUT2D eigenvalue weighted by Gasteiger charge is -2.36. The average molecular weight is 417 g/mol. The van der Waals surface area contributed by atoms with Crippen LogP contribution in [-0.2, 0) is 0 Å². The Hall–Kier alpha value is -3.68. The van der Waals surface area contributed by atoms with Gasteiger partial charge < -0.3 is 20.1 Å². The summed E-state index contributed by atoms with van der Waals surface area (Å²) >= 11 is 0. The van der Waals surface area contributed by atoms with Gasteiger partial charge in [-0.2, -0.15) is 0 Å². The fourth-order valence-electron chi connectivity index (χ4n) is 3.98. The second kappa shape index (κ2) is 8.22. The van der Waals surface area contributed by atoms with E-state index in [0.29, 0.717) is 37.1 Å². The van der Waals surface area contributed by atoms with Crippen LogP contribution in [0, 0.1) is 0 Å². The van der Waals surface area contributed by atoms with E-state index in [1.165, 1.54) is 4.90 Å². The smallest absolute Gasteiger partial charge is 0.407 e. The SMILES string of the molecule is O=C(O)N1CC=C(c2nccnc2OC2CC(Nc3ccc4ccccc4n3)C2)CC1. The van der Waals surface area contributed by atoms with Crippen LogP contribution in [0.3, 0.4) is 0 Å². The van der Waals surface area contributed by atoms with Gasteiger partial charge in [0.15, 0.2) is 0 Å². The fraction of sp³-hybridized carbons (Fsp3) is 0.304. The average Bonchev–Trinajstić information content (AvgIpc) is 2.78. The zero-order chi connectivity index (χ0) is 21.2. The van der Waals surface area contributed by atoms with Crippen molar-refractivity contribution in [3.8, 4) is 5.88 Å². The van der Waals surface area contributed by atoms with Gasteiger partial charge in [0.1, 0.15) is 17.6 Å². The van der Waals surface area contributed by atoms with E-state index in [1.54, 1.807) is 12.4 Å². The summed E-state index contributed by atoms with van der Waals surface area (Å²) in [6.45, 7) is 0.806. The number of fused-ring (bicyclic) bond motifs is 1. The first-order valence-electron chi connectivity index (χ1n) is 10.4. The third kappa shape index (κ3) is 4.14. The van der Waals surface area contributed by atoms with E-state index in [4.69, 9.17) is 9.84 Å². The molecule has 3 heterocycles. The van der Waals surface area contributed by atoms with Crippen molar-refractivity contribution >= 4 is 28.4 Å². The number of ether oxygens (including phenoxy) is 1. The van der Waals surface area contributed by atoms with Gasteiger partial charge in [0.2, 0.25) is 5.88 Å². The minimum Gasteiger partial charge on any atom is -0.473 e. The molecule has 31 heavy (non-hydrogen) atoms. The molecule has 2 aromatic heterocycles. The lowest BCUT2D eigenvalue weighted by molar-refractivity contribution is 0.102. The van der Waals surface area contributed by atoms with Gasteiger partial charge in [-0.15, -0.1) is 0 Å². The molecule has 8 nitrogen and oxygen atoms in total. The highest BCUT2D eigenvalue weighted by Crippen LogP contribution is 2.32. The zero-order valence-electron chi connectivity index (χ0n) is 16.9. The van der Waals surface area contributed by atoms with Crippen molar-refractivity contribution < 1.29 is 14.6 Å². The fourth-order valence-corrected chi connectivity index (χ4v) is 3.98. The van der Waals surface area contributed by atoms with E-state index < -0.39 is 6.09 Å². The molecular formula is C23H23N5O3. The molecule has 0 atom stereocenters. The maximum Gasteiger partial charge on any atom is 0.407 e. The Morgan fingerprint density at radius 3 is 2.77 bits per heavy atom. The number of amides is 1. The van der Waals surface area contributed by atoms with Gasteiger partial charge in [-0.3, -0.25) is 0 Å². The Morgan fingerprint density at radius 1 is 1.13 bits per heavy atom. The molecule has 0 spiro atoms. The van der Waals surface area contributed by atoms with Gasteiger partial charge in [-0.1, -0.05) is 24.3 Å². The Balaban J connectivity index is 1.20. The summed E-state index contributed by atoms with van der Waals surface area (Å²) in [5, 5.41) is 13.7. The molecule has 1 aromatic carbocycles. The topological polar surface area (TPSA) is 100 Å². The van der Waals surface area contributed by atoms with Gasteiger partial charge >= 0.3 is 6.09 Å². The van der Waals surface area contributed by atoms with E-state index in [0.717, 1.165) is 35.1 Å². The van der Waals surface area contributed by atoms with Crippen LogP contribution in [0.15, 0.2) is 54.9 Å². The number of hydrogen-bond acceptors (Lipinski definition) is 6. The summed E-state index contributed by atoms with van der Waals surface area (Å²) in [6, 6.07) is 12.5. The van der Waals surface area contributed by atoms with Crippen molar-refractivity contribution in [3.63, 3.8) is 0 Å². The van der Waals surface area contributed by atoms with Gasteiger partial charge in [0.25, 0.3) is 0 Å². The molecule has 3 aromatic rings. The summed E-state index contributed by atoms with van der Waals surface area (Å²) in [5.41, 5.74) is 2.67. The number of hydrogen-bond donors (Lipinski definition) is 2. The van der Waals surface area contributed by atoms with Gasteiger partial charge in [-0.25, -0.2) is 19.7 Å². The van der Waals surface area contributed by atoms with E-state index in [-0.39, 0.29) is 6.10 Å². The molecule has 8 heteroatoms. The summed E-state index contributed by atoms with van der Waals surface area (Å²) in [4.78, 5) is 26.0. The van der Waals surface area contributed by atoms with Crippen molar-refractivity contribution in [1.82, 2.24) is 19.9 Å². The Bertz CT molecular complexity index is 1140. The van der Waals surface area contributed by atoms with Crippen molar-refractivity contribution in [1.29, 1.82) is 0 Å². The number of benzene rings is 1. The molecule has 2 N–H and O–H groups in total. The number of pyridine rings is 1. The Kier molecular flexibility index (Phi) is 5.11. The number of anilines is 1. The third-order valence-corrected chi connectivity index (χ3v) is 5.77. The molecule has 1 fully saturated rings. The number of rotatable bonds is 5. The van der Waals surface area contributed by atoms with Crippen LogP contribution in [0.1, 0.15) is 25.0 Å². The van der Waals surface area contributed by atoms with E-state index >= 15 is 0 Å². The maximum atomic E-state index is 11.1. The first-order valence-corrected chi connectivity index (χ1v) is 10.4. The van der Waals surface area contributed by atoms with E-state index in [1.807, 2.05) is 30.3 Å². The summed E-state index contributed by atoms with van der Waals surface area (Å²) in [7, 11) is 0. The third-order valence-electron chi connectivity index (χ3n) is 5.77. The number of carbonyl (C=O) groups is 1. The lowest BCUT2D eigenvalue weighted by atomic mass is 9.89. The van der Waals surface area contributed by atoms with Gasteiger partial charge in [0, 0.05) is 49.8 Å². The Morgan fingerprint density at radius 2 is 1.97 bits per heavy atom. The Labute approximate surface area is 179 Å². The quantitative estimate of drug-likeness (QED) is 0.651. The van der Waals surface area contributed by atoms with Crippen molar-refractivity contribution in [2.45, 2.75) is 31.4 Å². The first kappa shape index (κ1) is 19.3. The second-order valence-corrected chi connectivity index (χ2v) is 7.86. The largest absolute Gasteiger partial charge is 0.473 e. The molecule has 5 rings (SSSR count). The summed E-state index contributed by atoms with van der Waals surface area (Å²) in [5.74, 6) is 1.39. The van der Waals surface area contributed by atoms with Gasteiger partial charge in [-0.05, 0) is 30.2 Å². The summed E-state index contributed by atoms with van der Waals surface area (Å²) in [6.07, 6.45) is 6.64. The molecule has 0 bridgehead atoms. The van der Waals surface area contributed by atoms with Crippen LogP contribution in [0.5, 0.6) is 5.88 Å². The van der Waals surface area contributed by atoms with Crippen LogP contribution < -0.4 is 10.1 Å². The van der Waals surface area contributed by atoms with E-state index in [2.05, 4.69) is 32.4 Å². The monoisotopic (exact) mass is 417 g/mol. The maximum absolute atomic E-state index is 11.1. The van der Waals surface area contributed by atoms with Crippen LogP contribution in [-0.4, -0.2) is 56.3 Å².